The predicted octanol–water partition coefficient (Wildman–Crippen LogP) is 3.65. The summed E-state index contributed by atoms with van der Waals surface area (Å²) in [5.74, 6) is 1.28. The fourth-order valence-electron chi connectivity index (χ4n) is 2.81. The van der Waals surface area contributed by atoms with Crippen molar-refractivity contribution in [2.45, 2.75) is 29.5 Å². The van der Waals surface area contributed by atoms with E-state index in [0.29, 0.717) is 11.6 Å². The predicted molar refractivity (Wildman–Crippen MR) is 93.7 cm³/mol. The molecule has 0 radical (unpaired) electrons. The molecule has 5 nitrogen and oxygen atoms in total. The Balaban J connectivity index is 1.76. The molecular formula is C18H17N3O2S. The molecule has 4 rings (SSSR count). The monoisotopic (exact) mass is 339 g/mol. The zero-order valence-electron chi connectivity index (χ0n) is 13.1. The largest absolute Gasteiger partial charge is 0.461 e. The molecule has 122 valence electrons. The molecule has 0 saturated carbocycles. The minimum absolute atomic E-state index is 0.0970. The first-order chi connectivity index (χ1) is 11.8. The van der Waals surface area contributed by atoms with E-state index in [1.165, 1.54) is 11.8 Å². The van der Waals surface area contributed by atoms with Crippen LogP contribution in [-0.2, 0) is 4.79 Å². The van der Waals surface area contributed by atoms with Crippen molar-refractivity contribution in [3.63, 3.8) is 0 Å². The molecule has 1 aliphatic heterocycles. The van der Waals surface area contributed by atoms with Crippen molar-refractivity contribution in [1.82, 2.24) is 15.3 Å². The Bertz CT molecular complexity index is 864. The molecule has 1 atom stereocenters. The first kappa shape index (κ1) is 15.2. The molecule has 1 N–H and O–H groups in total. The molecule has 0 spiro atoms. The van der Waals surface area contributed by atoms with Crippen LogP contribution in [0, 0.1) is 0 Å². The van der Waals surface area contributed by atoms with Crippen molar-refractivity contribution in [2.24, 2.45) is 0 Å². The van der Waals surface area contributed by atoms with E-state index in [4.69, 9.17) is 4.42 Å². The lowest BCUT2D eigenvalue weighted by atomic mass is 10.2. The van der Waals surface area contributed by atoms with Crippen molar-refractivity contribution in [1.29, 1.82) is 0 Å². The Morgan fingerprint density at radius 2 is 2.04 bits per heavy atom. The topological polar surface area (TPSA) is 68.0 Å². The summed E-state index contributed by atoms with van der Waals surface area (Å²) in [6.07, 6.45) is 4.56. The Morgan fingerprint density at radius 1 is 1.12 bits per heavy atom. The van der Waals surface area contributed by atoms with E-state index in [2.05, 4.69) is 15.3 Å². The van der Waals surface area contributed by atoms with Crippen molar-refractivity contribution >= 4 is 28.6 Å². The van der Waals surface area contributed by atoms with E-state index in [-0.39, 0.29) is 11.2 Å². The average molecular weight is 339 g/mol. The zero-order valence-corrected chi connectivity index (χ0v) is 13.9. The third-order valence-corrected chi connectivity index (χ3v) is 5.32. The second-order valence-electron chi connectivity index (χ2n) is 5.74. The minimum Gasteiger partial charge on any atom is -0.461 e. The van der Waals surface area contributed by atoms with Crippen LogP contribution in [0.4, 0.5) is 0 Å². The van der Waals surface area contributed by atoms with E-state index >= 15 is 0 Å². The second kappa shape index (κ2) is 6.65. The molecule has 1 unspecified atom stereocenters. The molecule has 1 amide bonds. The number of para-hydroxylation sites is 1. The van der Waals surface area contributed by atoms with Gasteiger partial charge in [0.2, 0.25) is 5.91 Å². The molecule has 1 fully saturated rings. The molecule has 1 aliphatic rings. The summed E-state index contributed by atoms with van der Waals surface area (Å²) in [6, 6.07) is 11.5. The van der Waals surface area contributed by atoms with Crippen molar-refractivity contribution < 1.29 is 9.21 Å². The Morgan fingerprint density at radius 3 is 2.92 bits per heavy atom. The number of rotatable bonds is 3. The second-order valence-corrected chi connectivity index (χ2v) is 6.93. The Kier molecular flexibility index (Phi) is 4.21. The van der Waals surface area contributed by atoms with Crippen LogP contribution in [0.2, 0.25) is 0 Å². The number of carbonyl (C=O) groups is 1. The molecule has 3 aromatic rings. The summed E-state index contributed by atoms with van der Waals surface area (Å²) in [5.41, 5.74) is 0.857. The molecular weight excluding hydrogens is 322 g/mol. The highest BCUT2D eigenvalue weighted by molar-refractivity contribution is 8.00. The fraction of sp³-hybridized carbons (Fsp3) is 0.278. The van der Waals surface area contributed by atoms with Crippen LogP contribution >= 0.6 is 11.8 Å². The zero-order chi connectivity index (χ0) is 16.4. The Hall–Kier alpha value is -2.34. The van der Waals surface area contributed by atoms with Crippen LogP contribution in [-0.4, -0.2) is 27.7 Å². The summed E-state index contributed by atoms with van der Waals surface area (Å²) < 4.78 is 5.44. The van der Waals surface area contributed by atoms with Gasteiger partial charge in [0.25, 0.3) is 0 Å². The lowest BCUT2D eigenvalue weighted by Gasteiger charge is -2.14. The van der Waals surface area contributed by atoms with Crippen molar-refractivity contribution in [2.75, 3.05) is 6.54 Å². The summed E-state index contributed by atoms with van der Waals surface area (Å²) in [7, 11) is 0. The third-order valence-electron chi connectivity index (χ3n) is 4.05. The van der Waals surface area contributed by atoms with Gasteiger partial charge in [-0.25, -0.2) is 9.97 Å². The number of nitrogens with one attached hydrogen (secondary N) is 1. The summed E-state index contributed by atoms with van der Waals surface area (Å²) >= 11 is 1.52. The van der Waals surface area contributed by atoms with Gasteiger partial charge >= 0.3 is 0 Å². The summed E-state index contributed by atoms with van der Waals surface area (Å²) in [6.45, 7) is 0.762. The maximum atomic E-state index is 12.3. The molecule has 6 heteroatoms. The van der Waals surface area contributed by atoms with Crippen LogP contribution in [0.15, 0.2) is 52.1 Å². The molecule has 1 aromatic carbocycles. The minimum atomic E-state index is -0.116. The van der Waals surface area contributed by atoms with Crippen LogP contribution in [0.1, 0.15) is 19.3 Å². The quantitative estimate of drug-likeness (QED) is 0.738. The number of fused-ring (bicyclic) bond motifs is 1. The third kappa shape index (κ3) is 3.01. The number of nitrogens with zero attached hydrogens (tertiary/aromatic N) is 2. The fourth-order valence-corrected chi connectivity index (χ4v) is 3.99. The van der Waals surface area contributed by atoms with Gasteiger partial charge in [-0.3, -0.25) is 4.79 Å². The highest BCUT2D eigenvalue weighted by Crippen LogP contribution is 2.33. The summed E-state index contributed by atoms with van der Waals surface area (Å²) in [5, 5.41) is 4.66. The van der Waals surface area contributed by atoms with E-state index in [0.717, 1.165) is 41.7 Å². The number of benzene rings is 1. The average Bonchev–Trinajstić information content (AvgIpc) is 3.07. The van der Waals surface area contributed by atoms with E-state index in [1.807, 2.05) is 36.4 Å². The van der Waals surface area contributed by atoms with Crippen LogP contribution < -0.4 is 5.32 Å². The van der Waals surface area contributed by atoms with Gasteiger partial charge in [0, 0.05) is 11.9 Å². The number of amides is 1. The molecule has 0 bridgehead atoms. The lowest BCUT2D eigenvalue weighted by Crippen LogP contribution is -2.30. The number of carbonyl (C=O) groups excluding carboxylic acids is 1. The normalized spacial score (nSPS) is 18.3. The Labute approximate surface area is 143 Å². The highest BCUT2D eigenvalue weighted by Gasteiger charge is 2.24. The van der Waals surface area contributed by atoms with Gasteiger partial charge in [0.15, 0.2) is 11.6 Å². The van der Waals surface area contributed by atoms with Gasteiger partial charge in [-0.15, -0.1) is 0 Å². The van der Waals surface area contributed by atoms with Gasteiger partial charge in [0.05, 0.1) is 17.0 Å². The molecule has 0 aliphatic carbocycles. The highest BCUT2D eigenvalue weighted by atomic mass is 32.2. The van der Waals surface area contributed by atoms with Gasteiger partial charge in [-0.05, 0) is 31.0 Å². The number of furan rings is 1. The molecule has 1 saturated heterocycles. The van der Waals surface area contributed by atoms with Crippen LogP contribution in [0.25, 0.3) is 22.5 Å². The first-order valence-corrected chi connectivity index (χ1v) is 8.94. The van der Waals surface area contributed by atoms with Gasteiger partial charge in [0.1, 0.15) is 5.03 Å². The summed E-state index contributed by atoms with van der Waals surface area (Å²) in [4.78, 5) is 21.5. The maximum Gasteiger partial charge on any atom is 0.233 e. The molecule has 2 aromatic heterocycles. The molecule has 24 heavy (non-hydrogen) atoms. The number of aromatic nitrogens is 2. The molecule has 3 heterocycles. The van der Waals surface area contributed by atoms with Gasteiger partial charge in [-0.2, -0.15) is 0 Å². The van der Waals surface area contributed by atoms with Crippen molar-refractivity contribution in [3.8, 4) is 11.6 Å². The smallest absolute Gasteiger partial charge is 0.233 e. The van der Waals surface area contributed by atoms with Crippen LogP contribution in [0.5, 0.6) is 0 Å². The van der Waals surface area contributed by atoms with Gasteiger partial charge in [-0.1, -0.05) is 36.4 Å². The van der Waals surface area contributed by atoms with E-state index in [1.54, 1.807) is 6.26 Å². The van der Waals surface area contributed by atoms with Gasteiger partial charge < -0.3 is 9.73 Å². The number of hydrogen-bond donors (Lipinski definition) is 1. The SMILES string of the molecule is O=C1NCCCCC1Sc1nc(-c2ccco2)nc2ccccc12. The first-order valence-electron chi connectivity index (χ1n) is 8.06. The standard InChI is InChI=1S/C18H17N3O2S/c22-17-15(9-3-4-10-19-17)24-18-12-6-1-2-7-13(12)20-16(21-18)14-8-5-11-23-14/h1-2,5-8,11,15H,3-4,9-10H2,(H,19,22). The van der Waals surface area contributed by atoms with E-state index in [9.17, 15) is 4.79 Å². The van der Waals surface area contributed by atoms with E-state index < -0.39 is 0 Å². The number of hydrogen-bond acceptors (Lipinski definition) is 5. The van der Waals surface area contributed by atoms with Crippen LogP contribution in [0.3, 0.4) is 0 Å². The number of thioether (sulfide) groups is 1. The maximum absolute atomic E-state index is 12.3. The van der Waals surface area contributed by atoms with Crippen molar-refractivity contribution in [3.05, 3.63) is 42.7 Å². The lowest BCUT2D eigenvalue weighted by molar-refractivity contribution is -0.120.